The van der Waals surface area contributed by atoms with E-state index in [0.29, 0.717) is 33.0 Å². The highest BCUT2D eigenvalue weighted by molar-refractivity contribution is 7.87. The molecule has 1 amide bonds. The molecule has 43 heavy (non-hydrogen) atoms. The Morgan fingerprint density at radius 3 is 2.16 bits per heavy atom. The molecule has 0 radical (unpaired) electrons. The summed E-state index contributed by atoms with van der Waals surface area (Å²) in [5, 5.41) is 0.711. The second kappa shape index (κ2) is 13.6. The molecule has 12 heteroatoms. The largest absolute Gasteiger partial charge is 0.469 e. The standard InChI is InChI=1S/C31H40N2O9S/c1-30(2,3)41-28(35)25(19-24-18-23-17-21(13-15-26(23)40-24)14-16-27(34)39-7)32-43(37,38)33(29(36)42-31(4,5)6)20-22-11-9-8-10-12-22/h8-13,15,17-18,25,32H,14,16,19-20H2,1-7H3. The number of fused-ring (bicyclic) bond motifs is 1. The van der Waals surface area contributed by atoms with Crippen LogP contribution in [0.4, 0.5) is 4.79 Å². The highest BCUT2D eigenvalue weighted by Crippen LogP contribution is 2.24. The number of methoxy groups -OCH3 is 1. The number of amides is 1. The molecule has 2 aromatic carbocycles. The Bertz CT molecular complexity index is 1530. The fraction of sp³-hybridized carbons (Fsp3) is 0.452. The molecule has 0 aliphatic heterocycles. The summed E-state index contributed by atoms with van der Waals surface area (Å²) in [6.45, 7) is 9.53. The maximum atomic E-state index is 13.7. The number of nitrogens with one attached hydrogen (secondary N) is 1. The molecule has 1 atom stereocenters. The number of benzene rings is 2. The van der Waals surface area contributed by atoms with E-state index >= 15 is 0 Å². The molecule has 11 nitrogen and oxygen atoms in total. The molecule has 0 saturated heterocycles. The number of carbonyl (C=O) groups excluding carboxylic acids is 3. The first kappa shape index (κ1) is 33.6. The number of hydrogen-bond donors (Lipinski definition) is 1. The molecular weight excluding hydrogens is 576 g/mol. The van der Waals surface area contributed by atoms with Crippen molar-refractivity contribution in [1.29, 1.82) is 0 Å². The Kier molecular flexibility index (Phi) is 10.6. The summed E-state index contributed by atoms with van der Waals surface area (Å²) < 4.78 is 51.9. The van der Waals surface area contributed by atoms with E-state index in [4.69, 9.17) is 18.6 Å². The van der Waals surface area contributed by atoms with E-state index in [1.807, 2.05) is 12.1 Å². The number of nitrogens with zero attached hydrogens (tertiary/aromatic N) is 1. The van der Waals surface area contributed by atoms with Crippen LogP contribution in [0.2, 0.25) is 0 Å². The average Bonchev–Trinajstić information content (AvgIpc) is 3.30. The molecule has 1 heterocycles. The molecule has 1 aromatic heterocycles. The molecule has 0 aliphatic rings. The summed E-state index contributed by atoms with van der Waals surface area (Å²) in [4.78, 5) is 38.0. The van der Waals surface area contributed by atoms with Gasteiger partial charge < -0.3 is 18.6 Å². The number of hydrogen-bond acceptors (Lipinski definition) is 9. The molecule has 234 valence electrons. The van der Waals surface area contributed by atoms with Crippen molar-refractivity contribution in [3.63, 3.8) is 0 Å². The van der Waals surface area contributed by atoms with Gasteiger partial charge in [-0.3, -0.25) is 9.59 Å². The van der Waals surface area contributed by atoms with Crippen LogP contribution < -0.4 is 4.72 Å². The van der Waals surface area contributed by atoms with Crippen LogP contribution in [0.25, 0.3) is 11.0 Å². The molecule has 1 unspecified atom stereocenters. The molecule has 3 rings (SSSR count). The van der Waals surface area contributed by atoms with Gasteiger partial charge in [-0.05, 0) is 77.3 Å². The number of carbonyl (C=O) groups is 3. The lowest BCUT2D eigenvalue weighted by molar-refractivity contribution is -0.157. The second-order valence-electron chi connectivity index (χ2n) is 12.0. The maximum Gasteiger partial charge on any atom is 0.425 e. The normalized spacial score (nSPS) is 12.9. The minimum atomic E-state index is -4.64. The van der Waals surface area contributed by atoms with E-state index in [-0.39, 0.29) is 25.4 Å². The van der Waals surface area contributed by atoms with Crippen LogP contribution in [0, 0.1) is 0 Å². The third-order valence-corrected chi connectivity index (χ3v) is 7.36. The Morgan fingerprint density at radius 1 is 0.907 bits per heavy atom. The SMILES string of the molecule is COC(=O)CCc1ccc2oc(CC(NS(=O)(=O)N(Cc3ccccc3)C(=O)OC(C)(C)C)C(=O)OC(C)(C)C)cc2c1. The lowest BCUT2D eigenvalue weighted by Gasteiger charge is -2.29. The quantitative estimate of drug-likeness (QED) is 0.231. The lowest BCUT2D eigenvalue weighted by Crippen LogP contribution is -2.52. The van der Waals surface area contributed by atoms with E-state index in [1.165, 1.54) is 7.11 Å². The van der Waals surface area contributed by atoms with Crippen molar-refractivity contribution in [2.45, 2.75) is 84.6 Å². The van der Waals surface area contributed by atoms with E-state index in [2.05, 4.69) is 4.72 Å². The monoisotopic (exact) mass is 616 g/mol. The fourth-order valence-electron chi connectivity index (χ4n) is 4.05. The summed E-state index contributed by atoms with van der Waals surface area (Å²) >= 11 is 0. The van der Waals surface area contributed by atoms with Gasteiger partial charge in [0, 0.05) is 18.2 Å². The molecule has 1 N–H and O–H groups in total. The zero-order chi connectivity index (χ0) is 32.0. The molecular formula is C31H40N2O9S. The van der Waals surface area contributed by atoms with Crippen molar-refractivity contribution >= 4 is 39.2 Å². The fourth-order valence-corrected chi connectivity index (χ4v) is 5.27. The third kappa shape index (κ3) is 10.4. The number of esters is 2. The highest BCUT2D eigenvalue weighted by Gasteiger charge is 2.37. The first-order valence-electron chi connectivity index (χ1n) is 13.8. The van der Waals surface area contributed by atoms with Gasteiger partial charge in [0.15, 0.2) is 0 Å². The van der Waals surface area contributed by atoms with Gasteiger partial charge in [-0.15, -0.1) is 0 Å². The number of ether oxygens (including phenoxy) is 3. The Morgan fingerprint density at radius 2 is 1.56 bits per heavy atom. The Hall–Kier alpha value is -3.90. The second-order valence-corrected chi connectivity index (χ2v) is 13.7. The first-order valence-corrected chi connectivity index (χ1v) is 15.3. The van der Waals surface area contributed by atoms with Crippen molar-refractivity contribution in [2.75, 3.05) is 7.11 Å². The molecule has 0 fully saturated rings. The van der Waals surface area contributed by atoms with Crippen LogP contribution in [0.5, 0.6) is 0 Å². The van der Waals surface area contributed by atoms with Gasteiger partial charge in [0.05, 0.1) is 13.7 Å². The van der Waals surface area contributed by atoms with E-state index in [0.717, 1.165) is 5.56 Å². The van der Waals surface area contributed by atoms with Crippen LogP contribution in [-0.4, -0.2) is 55.1 Å². The zero-order valence-corrected chi connectivity index (χ0v) is 26.4. The van der Waals surface area contributed by atoms with Crippen molar-refractivity contribution in [1.82, 2.24) is 9.03 Å². The topological polar surface area (TPSA) is 141 Å². The molecule has 0 saturated carbocycles. The van der Waals surface area contributed by atoms with E-state index < -0.39 is 39.5 Å². The van der Waals surface area contributed by atoms with Gasteiger partial charge in [-0.1, -0.05) is 36.4 Å². The van der Waals surface area contributed by atoms with E-state index in [1.54, 1.807) is 84.0 Å². The summed E-state index contributed by atoms with van der Waals surface area (Å²) in [5.74, 6) is -0.863. The lowest BCUT2D eigenvalue weighted by atomic mass is 10.1. The summed E-state index contributed by atoms with van der Waals surface area (Å²) in [5.41, 5.74) is 0.0345. The molecule has 3 aromatic rings. The van der Waals surface area contributed by atoms with Crippen LogP contribution in [-0.2, 0) is 53.4 Å². The number of furan rings is 1. The van der Waals surface area contributed by atoms with E-state index in [9.17, 15) is 22.8 Å². The summed E-state index contributed by atoms with van der Waals surface area (Å²) in [6.07, 6.45) is -0.624. The number of aryl methyl sites for hydroxylation is 1. The third-order valence-electron chi connectivity index (χ3n) is 5.92. The maximum absolute atomic E-state index is 13.7. The zero-order valence-electron chi connectivity index (χ0n) is 25.6. The van der Waals surface area contributed by atoms with Crippen LogP contribution >= 0.6 is 0 Å². The van der Waals surface area contributed by atoms with Crippen LogP contribution in [0.1, 0.15) is 64.9 Å². The van der Waals surface area contributed by atoms with Crippen LogP contribution in [0.3, 0.4) is 0 Å². The Balaban J connectivity index is 1.93. The minimum absolute atomic E-state index is 0.201. The van der Waals surface area contributed by atoms with Gasteiger partial charge in [0.1, 0.15) is 28.6 Å². The van der Waals surface area contributed by atoms with Gasteiger partial charge in [0.2, 0.25) is 0 Å². The van der Waals surface area contributed by atoms with Gasteiger partial charge in [-0.25, -0.2) is 4.79 Å². The highest BCUT2D eigenvalue weighted by atomic mass is 32.2. The predicted octanol–water partition coefficient (Wildman–Crippen LogP) is 5.06. The molecule has 0 spiro atoms. The molecule has 0 bridgehead atoms. The summed E-state index contributed by atoms with van der Waals surface area (Å²) in [7, 11) is -3.31. The van der Waals surface area contributed by atoms with Crippen molar-refractivity contribution in [2.24, 2.45) is 0 Å². The van der Waals surface area contributed by atoms with Crippen molar-refractivity contribution in [3.05, 3.63) is 71.5 Å². The summed E-state index contributed by atoms with van der Waals surface area (Å²) in [6, 6.07) is 14.2. The van der Waals surface area contributed by atoms with Gasteiger partial charge in [0.25, 0.3) is 0 Å². The number of rotatable bonds is 11. The van der Waals surface area contributed by atoms with Crippen molar-refractivity contribution in [3.8, 4) is 0 Å². The smallest absolute Gasteiger partial charge is 0.425 e. The van der Waals surface area contributed by atoms with Crippen LogP contribution in [0.15, 0.2) is 59.0 Å². The van der Waals surface area contributed by atoms with Gasteiger partial charge in [-0.2, -0.15) is 17.4 Å². The minimum Gasteiger partial charge on any atom is -0.469 e. The molecule has 0 aliphatic carbocycles. The predicted molar refractivity (Wildman–Crippen MR) is 160 cm³/mol. The van der Waals surface area contributed by atoms with Gasteiger partial charge >= 0.3 is 28.2 Å². The Labute approximate surface area is 252 Å². The van der Waals surface area contributed by atoms with Crippen molar-refractivity contribution < 1.29 is 41.4 Å². The first-order chi connectivity index (χ1) is 20.0. The average molecular weight is 617 g/mol.